The van der Waals surface area contributed by atoms with Gasteiger partial charge >= 0.3 is 0 Å². The van der Waals surface area contributed by atoms with E-state index < -0.39 is 0 Å². The number of allylic oxidation sites excluding steroid dienone is 1. The largest absolute Gasteiger partial charge is 0.448 e. The summed E-state index contributed by atoms with van der Waals surface area (Å²) < 4.78 is 7.44. The molecule has 0 spiro atoms. The second kappa shape index (κ2) is 20.3. The van der Waals surface area contributed by atoms with Crippen molar-refractivity contribution in [3.05, 3.63) is 290 Å². The summed E-state index contributed by atoms with van der Waals surface area (Å²) >= 11 is 1.76. The number of ether oxygens (including phenoxy) is 1. The van der Waals surface area contributed by atoms with Crippen LogP contribution in [0.5, 0.6) is 10.8 Å². The highest BCUT2D eigenvalue weighted by atomic mass is 32.1. The average molecular weight is 1100 g/mol. The van der Waals surface area contributed by atoms with Gasteiger partial charge in [-0.05, 0) is 173 Å². The molecule has 4 aliphatic rings. The van der Waals surface area contributed by atoms with Crippen molar-refractivity contribution in [2.75, 3.05) is 24.5 Å². The van der Waals surface area contributed by atoms with E-state index in [1.807, 2.05) is 0 Å². The van der Waals surface area contributed by atoms with E-state index in [0.29, 0.717) is 0 Å². The first kappa shape index (κ1) is 49.6. The van der Waals surface area contributed by atoms with Gasteiger partial charge in [0.2, 0.25) is 0 Å². The van der Waals surface area contributed by atoms with Crippen molar-refractivity contribution in [2.45, 2.75) is 20.3 Å². The maximum absolute atomic E-state index is 7.44. The van der Waals surface area contributed by atoms with Gasteiger partial charge in [0.05, 0.1) is 11.4 Å². The lowest BCUT2D eigenvalue weighted by Crippen LogP contribution is -2.64. The zero-order valence-electron chi connectivity index (χ0n) is 46.5. The fourth-order valence-electron chi connectivity index (χ4n) is 13.6. The van der Waals surface area contributed by atoms with Crippen LogP contribution in [0.3, 0.4) is 0 Å². The van der Waals surface area contributed by atoms with Crippen LogP contribution in [0.4, 0.5) is 85.3 Å². The van der Waals surface area contributed by atoms with E-state index in [9.17, 15) is 0 Å². The molecule has 0 saturated heterocycles. The standard InChI is InChI=1S/C75H55B2N5OS/c1-3-4-44-71-51(2)72-75(84-71)83-70-48-60(79(54-32-16-7-17-33-54)55-34-18-8-19-35-55)47-69-74(70)77(72)63-49-62-65(50-66(63)82(69)58-40-24-11-25-41-58)81(57-38-22-10-23-39-57)68-46-59(78(52-28-12-5-13-29-52)53-30-14-6-15-31-53)45-67-73(68)76(62)61-42-26-27-43-64(61)80(67)56-36-20-9-21-37-56/h4-50H,3H2,1-2H3/b44-4-. The Balaban J connectivity index is 1.02. The van der Waals surface area contributed by atoms with Gasteiger partial charge in [-0.25, -0.2) is 0 Å². The topological polar surface area (TPSA) is 25.4 Å². The Kier molecular flexibility index (Phi) is 12.0. The van der Waals surface area contributed by atoms with E-state index in [2.05, 4.69) is 323 Å². The molecule has 398 valence electrons. The molecule has 0 unspecified atom stereocenters. The van der Waals surface area contributed by atoms with Crippen molar-refractivity contribution in [3.8, 4) is 10.8 Å². The number of rotatable bonds is 11. The number of hydrogen-bond donors (Lipinski definition) is 0. The number of anilines is 15. The highest BCUT2D eigenvalue weighted by molar-refractivity contribution is 7.18. The lowest BCUT2D eigenvalue weighted by molar-refractivity contribution is 0.501. The third-order valence-corrected chi connectivity index (χ3v) is 18.3. The Labute approximate surface area is 495 Å². The molecule has 0 saturated carbocycles. The number of hydrogen-bond acceptors (Lipinski definition) is 7. The normalized spacial score (nSPS) is 13.1. The Hall–Kier alpha value is -10.2. The monoisotopic (exact) mass is 1100 g/mol. The molecule has 0 fully saturated rings. The molecule has 0 atom stereocenters. The van der Waals surface area contributed by atoms with Gasteiger partial charge in [-0.1, -0.05) is 176 Å². The van der Waals surface area contributed by atoms with E-state index in [0.717, 1.165) is 103 Å². The minimum Gasteiger partial charge on any atom is -0.448 e. The summed E-state index contributed by atoms with van der Waals surface area (Å²) in [5, 5.41) is 0.945. The quantitative estimate of drug-likeness (QED) is 0.120. The SMILES string of the molecule is CC/C=C\c1sc2c(c1C)B1c3cc4c(cc3N(c3ccccc3)c3cc(N(c5ccccc5)c5ccccc5)cc(c31)O2)N(c1ccccc1)c1cc(N(c2ccccc2)c2ccccc2)cc2c1B4c1ccccc1N2c1ccccc1. The van der Waals surface area contributed by atoms with E-state index in [4.69, 9.17) is 4.74 Å². The van der Waals surface area contributed by atoms with Crippen LogP contribution in [0.25, 0.3) is 6.08 Å². The number of fused-ring (bicyclic) bond motifs is 8. The summed E-state index contributed by atoms with van der Waals surface area (Å²) in [4.78, 5) is 13.6. The first-order valence-electron chi connectivity index (χ1n) is 29.1. The van der Waals surface area contributed by atoms with Crippen LogP contribution in [-0.2, 0) is 0 Å². The number of para-hydroxylation sites is 8. The van der Waals surface area contributed by atoms with Crippen LogP contribution in [0.2, 0.25) is 0 Å². The summed E-state index contributed by atoms with van der Waals surface area (Å²) in [5.41, 5.74) is 25.0. The summed E-state index contributed by atoms with van der Waals surface area (Å²) in [5.74, 6) is 0.863. The van der Waals surface area contributed by atoms with Crippen LogP contribution in [0.1, 0.15) is 23.8 Å². The molecule has 16 rings (SSSR count). The average Bonchev–Trinajstić information content (AvgIpc) is 1.03. The van der Waals surface area contributed by atoms with Gasteiger partial charge in [0.25, 0.3) is 13.4 Å². The van der Waals surface area contributed by atoms with Gasteiger partial charge in [0.15, 0.2) is 5.06 Å². The smallest absolute Gasteiger partial charge is 0.257 e. The molecule has 0 aliphatic carbocycles. The van der Waals surface area contributed by atoms with Crippen LogP contribution >= 0.6 is 11.3 Å². The van der Waals surface area contributed by atoms with E-state index >= 15 is 0 Å². The third-order valence-electron chi connectivity index (χ3n) is 17.1. The highest BCUT2D eigenvalue weighted by Gasteiger charge is 2.49. The zero-order chi connectivity index (χ0) is 55.8. The van der Waals surface area contributed by atoms with Crippen LogP contribution < -0.4 is 62.0 Å². The molecule has 12 aromatic rings. The van der Waals surface area contributed by atoms with Gasteiger partial charge in [-0.15, -0.1) is 0 Å². The van der Waals surface area contributed by atoms with Gasteiger partial charge in [-0.3, -0.25) is 0 Å². The minimum atomic E-state index is -0.159. The molecule has 0 N–H and O–H groups in total. The highest BCUT2D eigenvalue weighted by Crippen LogP contribution is 2.52. The minimum absolute atomic E-state index is 0.146. The molecule has 6 nitrogen and oxygen atoms in total. The second-order valence-electron chi connectivity index (χ2n) is 21.9. The van der Waals surface area contributed by atoms with Crippen molar-refractivity contribution in [1.29, 1.82) is 0 Å². The predicted molar refractivity (Wildman–Crippen MR) is 358 cm³/mol. The molecule has 1 aromatic heterocycles. The number of thiophene rings is 1. The van der Waals surface area contributed by atoms with Gasteiger partial charge in [0.1, 0.15) is 5.75 Å². The number of nitrogens with zero attached hydrogens (tertiary/aromatic N) is 5. The summed E-state index contributed by atoms with van der Waals surface area (Å²) in [6.45, 7) is 4.21. The van der Waals surface area contributed by atoms with Crippen LogP contribution in [0, 0.1) is 6.92 Å². The van der Waals surface area contributed by atoms with Crippen molar-refractivity contribution in [3.63, 3.8) is 0 Å². The van der Waals surface area contributed by atoms with Crippen LogP contribution in [-0.4, -0.2) is 13.4 Å². The molecule has 5 heterocycles. The molecule has 11 aromatic carbocycles. The summed E-state index contributed by atoms with van der Waals surface area (Å²) in [7, 11) is 0. The fraction of sp³-hybridized carbons (Fsp3) is 0.0400. The predicted octanol–water partition coefficient (Wildman–Crippen LogP) is 16.9. The van der Waals surface area contributed by atoms with E-state index in [1.54, 1.807) is 11.3 Å². The molecular weight excluding hydrogens is 1040 g/mol. The molecule has 0 bridgehead atoms. The van der Waals surface area contributed by atoms with Gasteiger partial charge in [-0.2, -0.15) is 0 Å². The van der Waals surface area contributed by atoms with Crippen LogP contribution in [0.15, 0.2) is 279 Å². The van der Waals surface area contributed by atoms with Crippen molar-refractivity contribution < 1.29 is 4.74 Å². The Morgan fingerprint density at radius 1 is 0.381 bits per heavy atom. The maximum atomic E-state index is 7.44. The molecule has 9 heteroatoms. The number of benzene rings is 11. The molecule has 4 aliphatic heterocycles. The maximum Gasteiger partial charge on any atom is 0.257 e. The van der Waals surface area contributed by atoms with Crippen molar-refractivity contribution >= 4 is 149 Å². The first-order valence-corrected chi connectivity index (χ1v) is 29.9. The molecule has 84 heavy (non-hydrogen) atoms. The zero-order valence-corrected chi connectivity index (χ0v) is 47.4. The van der Waals surface area contributed by atoms with Gasteiger partial charge < -0.3 is 29.2 Å². The third kappa shape index (κ3) is 7.95. The lowest BCUT2D eigenvalue weighted by Gasteiger charge is -2.46. The Morgan fingerprint density at radius 2 is 0.786 bits per heavy atom. The van der Waals surface area contributed by atoms with E-state index in [1.165, 1.54) is 43.2 Å². The fourth-order valence-corrected chi connectivity index (χ4v) is 14.7. The molecular formula is C75H55B2N5OS. The van der Waals surface area contributed by atoms with Gasteiger partial charge in [0, 0.05) is 84.9 Å². The molecule has 0 radical (unpaired) electrons. The first-order chi connectivity index (χ1) is 41.6. The molecule has 0 amide bonds. The summed E-state index contributed by atoms with van der Waals surface area (Å²) in [6, 6.07) is 99.8. The van der Waals surface area contributed by atoms with Crippen molar-refractivity contribution in [1.82, 2.24) is 0 Å². The van der Waals surface area contributed by atoms with E-state index in [-0.39, 0.29) is 13.4 Å². The Morgan fingerprint density at radius 3 is 1.26 bits per heavy atom. The second-order valence-corrected chi connectivity index (χ2v) is 22.9. The lowest BCUT2D eigenvalue weighted by atomic mass is 9.30. The van der Waals surface area contributed by atoms with Crippen molar-refractivity contribution in [2.24, 2.45) is 0 Å². The summed E-state index contributed by atoms with van der Waals surface area (Å²) in [6.07, 6.45) is 5.52. The Bertz CT molecular complexity index is 4410.